The van der Waals surface area contributed by atoms with Crippen LogP contribution in [0.3, 0.4) is 0 Å². The van der Waals surface area contributed by atoms with Crippen LogP contribution >= 0.6 is 11.6 Å². The Bertz CT molecular complexity index is 1510. The van der Waals surface area contributed by atoms with Crippen molar-refractivity contribution in [3.63, 3.8) is 0 Å². The smallest absolute Gasteiger partial charge is 0.356 e. The lowest BCUT2D eigenvalue weighted by Gasteiger charge is -2.15. The van der Waals surface area contributed by atoms with Gasteiger partial charge in [0, 0.05) is 5.39 Å². The molecule has 11 heteroatoms. The van der Waals surface area contributed by atoms with Gasteiger partial charge in [-0.25, -0.2) is 23.2 Å². The average molecular weight is 498 g/mol. The summed E-state index contributed by atoms with van der Waals surface area (Å²) in [5.74, 6) is -1.01. The van der Waals surface area contributed by atoms with Gasteiger partial charge in [-0.1, -0.05) is 41.9 Å². The van der Waals surface area contributed by atoms with Gasteiger partial charge in [0.25, 0.3) is 0 Å². The second-order valence-corrected chi connectivity index (χ2v) is 10.5. The third-order valence-electron chi connectivity index (χ3n) is 4.98. The molecule has 0 aliphatic heterocycles. The fourth-order valence-electron chi connectivity index (χ4n) is 3.21. The molecule has 0 bridgehead atoms. The Morgan fingerprint density at radius 1 is 1.00 bits per heavy atom. The van der Waals surface area contributed by atoms with Crippen LogP contribution < -0.4 is 10.6 Å². The van der Waals surface area contributed by atoms with Crippen molar-refractivity contribution in [2.24, 2.45) is 0 Å². The molecule has 0 saturated carbocycles. The molecular weight excluding hydrogens is 478 g/mol. The number of benzene rings is 2. The average Bonchev–Trinajstić information content (AvgIpc) is 2.81. The number of nitrogens with one attached hydrogen (secondary N) is 2. The Labute approximate surface area is 200 Å². The molecule has 9 nitrogen and oxygen atoms in total. The maximum absolute atomic E-state index is 12.8. The highest BCUT2D eigenvalue weighted by molar-refractivity contribution is 7.92. The van der Waals surface area contributed by atoms with Crippen LogP contribution in [0.4, 0.5) is 23.1 Å². The van der Waals surface area contributed by atoms with E-state index in [1.807, 2.05) is 6.07 Å². The second kappa shape index (κ2) is 9.24. The summed E-state index contributed by atoms with van der Waals surface area (Å²) in [5.41, 5.74) is 0.844. The van der Waals surface area contributed by atoms with E-state index in [1.54, 1.807) is 56.3 Å². The zero-order valence-electron chi connectivity index (χ0n) is 18.2. The molecule has 0 aliphatic carbocycles. The highest BCUT2D eigenvalue weighted by atomic mass is 35.5. The largest absolute Gasteiger partial charge is 0.476 e. The number of fused-ring (bicyclic) bond motifs is 1. The van der Waals surface area contributed by atoms with Gasteiger partial charge in [0.15, 0.2) is 21.3 Å². The van der Waals surface area contributed by atoms with Crippen LogP contribution in [0.5, 0.6) is 0 Å². The first-order valence-electron chi connectivity index (χ1n) is 10.2. The van der Waals surface area contributed by atoms with Crippen molar-refractivity contribution < 1.29 is 18.3 Å². The predicted molar refractivity (Wildman–Crippen MR) is 131 cm³/mol. The molecule has 3 N–H and O–H groups in total. The lowest BCUT2D eigenvalue weighted by molar-refractivity contribution is 0.0692. The van der Waals surface area contributed by atoms with Crippen molar-refractivity contribution >= 4 is 61.5 Å². The molecule has 0 fully saturated rings. The summed E-state index contributed by atoms with van der Waals surface area (Å²) >= 11 is 6.27. The lowest BCUT2D eigenvalue weighted by atomic mass is 10.1. The van der Waals surface area contributed by atoms with E-state index in [1.165, 1.54) is 12.3 Å². The molecule has 0 spiro atoms. The number of nitrogens with zero attached hydrogens (tertiary/aromatic N) is 3. The van der Waals surface area contributed by atoms with Gasteiger partial charge in [-0.2, -0.15) is 4.98 Å². The Morgan fingerprint density at radius 3 is 2.44 bits per heavy atom. The molecule has 0 aliphatic rings. The number of carboxylic acid groups (broad SMARTS) is 1. The summed E-state index contributed by atoms with van der Waals surface area (Å²) in [4.78, 5) is 24.5. The van der Waals surface area contributed by atoms with Crippen LogP contribution in [0.1, 0.15) is 24.3 Å². The first-order chi connectivity index (χ1) is 16.2. The molecule has 0 radical (unpaired) electrons. The molecule has 4 aromatic rings. The van der Waals surface area contributed by atoms with E-state index in [2.05, 4.69) is 25.6 Å². The quantitative estimate of drug-likeness (QED) is 0.320. The van der Waals surface area contributed by atoms with Crippen molar-refractivity contribution in [2.75, 3.05) is 10.6 Å². The first-order valence-corrected chi connectivity index (χ1v) is 12.1. The Balaban J connectivity index is 1.72. The number of anilines is 4. The van der Waals surface area contributed by atoms with Crippen LogP contribution in [0.15, 0.2) is 65.7 Å². The van der Waals surface area contributed by atoms with E-state index in [0.29, 0.717) is 11.2 Å². The van der Waals surface area contributed by atoms with Gasteiger partial charge in [-0.05, 0) is 38.1 Å². The van der Waals surface area contributed by atoms with Crippen molar-refractivity contribution in [3.05, 3.63) is 71.5 Å². The Kier molecular flexibility index (Phi) is 6.36. The number of aromatic nitrogens is 3. The Morgan fingerprint density at radius 2 is 1.71 bits per heavy atom. The molecule has 0 unspecified atom stereocenters. The SMILES string of the molecule is CC(C)S(=O)(=O)c1ccccc1Nc1nc(Nc2cc3ccccc3nc2C(=O)O)ncc1Cl. The number of pyridine rings is 1. The van der Waals surface area contributed by atoms with Crippen LogP contribution in [0.2, 0.25) is 5.02 Å². The lowest BCUT2D eigenvalue weighted by Crippen LogP contribution is -2.15. The zero-order valence-corrected chi connectivity index (χ0v) is 19.7. The minimum Gasteiger partial charge on any atom is -0.476 e. The molecule has 0 amide bonds. The fourth-order valence-corrected chi connectivity index (χ4v) is 4.55. The number of rotatable bonds is 7. The van der Waals surface area contributed by atoms with Crippen molar-refractivity contribution in [3.8, 4) is 0 Å². The number of aromatic carboxylic acids is 1. The van der Waals surface area contributed by atoms with Crippen molar-refractivity contribution in [1.29, 1.82) is 0 Å². The van der Waals surface area contributed by atoms with Gasteiger partial charge in [-0.15, -0.1) is 0 Å². The maximum Gasteiger partial charge on any atom is 0.356 e. The molecule has 0 atom stereocenters. The van der Waals surface area contributed by atoms with Gasteiger partial charge in [0.05, 0.1) is 33.2 Å². The third kappa shape index (κ3) is 4.63. The van der Waals surface area contributed by atoms with E-state index in [9.17, 15) is 18.3 Å². The predicted octanol–water partition coefficient (Wildman–Crippen LogP) is 5.05. The molecule has 2 heterocycles. The summed E-state index contributed by atoms with van der Waals surface area (Å²) < 4.78 is 25.5. The monoisotopic (exact) mass is 497 g/mol. The normalized spacial score (nSPS) is 11.5. The number of carboxylic acids is 1. The van der Waals surface area contributed by atoms with Crippen LogP contribution in [0, 0.1) is 0 Å². The number of hydrogen-bond acceptors (Lipinski definition) is 8. The topological polar surface area (TPSA) is 134 Å². The first kappa shape index (κ1) is 23.4. The van der Waals surface area contributed by atoms with Crippen LogP contribution in [-0.4, -0.2) is 39.7 Å². The molecule has 4 rings (SSSR count). The summed E-state index contributed by atoms with van der Waals surface area (Å²) in [6.07, 6.45) is 1.33. The number of carbonyl (C=O) groups is 1. The summed E-state index contributed by atoms with van der Waals surface area (Å²) in [6.45, 7) is 3.20. The van der Waals surface area contributed by atoms with Crippen molar-refractivity contribution in [1.82, 2.24) is 15.0 Å². The molecular formula is C23H20ClN5O4S. The van der Waals surface area contributed by atoms with Gasteiger partial charge < -0.3 is 15.7 Å². The van der Waals surface area contributed by atoms with E-state index >= 15 is 0 Å². The van der Waals surface area contributed by atoms with Gasteiger partial charge >= 0.3 is 5.97 Å². The van der Waals surface area contributed by atoms with Crippen LogP contribution in [-0.2, 0) is 9.84 Å². The minimum atomic E-state index is -3.57. The number of halogens is 1. The highest BCUT2D eigenvalue weighted by Gasteiger charge is 2.23. The third-order valence-corrected chi connectivity index (χ3v) is 7.47. The molecule has 174 valence electrons. The Hall–Kier alpha value is -3.76. The summed E-state index contributed by atoms with van der Waals surface area (Å²) in [6, 6.07) is 15.2. The molecule has 2 aromatic heterocycles. The summed E-state index contributed by atoms with van der Waals surface area (Å²) in [7, 11) is -3.57. The van der Waals surface area contributed by atoms with Gasteiger partial charge in [-0.3, -0.25) is 0 Å². The van der Waals surface area contributed by atoms with Crippen molar-refractivity contribution in [2.45, 2.75) is 24.0 Å². The van der Waals surface area contributed by atoms with Gasteiger partial charge in [0.2, 0.25) is 5.95 Å². The maximum atomic E-state index is 12.8. The standard InChI is InChI=1S/C23H20ClN5O4S/c1-13(2)34(32,33)19-10-6-5-9-17(19)27-21-15(24)12-25-23(29-21)28-18-11-14-7-3-4-8-16(14)26-20(18)22(30)31/h3-13H,1-2H3,(H,30,31)(H2,25,27,28,29). The van der Waals surface area contributed by atoms with Gasteiger partial charge in [0.1, 0.15) is 5.02 Å². The summed E-state index contributed by atoms with van der Waals surface area (Å²) in [5, 5.41) is 15.7. The van der Waals surface area contributed by atoms with Crippen LogP contribution in [0.25, 0.3) is 10.9 Å². The zero-order chi connectivity index (χ0) is 24.5. The fraction of sp³-hybridized carbons (Fsp3) is 0.130. The highest BCUT2D eigenvalue weighted by Crippen LogP contribution is 2.31. The van der Waals surface area contributed by atoms with E-state index < -0.39 is 21.1 Å². The van der Waals surface area contributed by atoms with E-state index in [-0.39, 0.29) is 33.1 Å². The molecule has 2 aromatic carbocycles. The number of para-hydroxylation sites is 2. The van der Waals surface area contributed by atoms with E-state index in [4.69, 9.17) is 11.6 Å². The minimum absolute atomic E-state index is 0.0516. The molecule has 0 saturated heterocycles. The second-order valence-electron chi connectivity index (χ2n) is 7.61. The van der Waals surface area contributed by atoms with E-state index in [0.717, 1.165) is 5.39 Å². The molecule has 34 heavy (non-hydrogen) atoms. The number of sulfone groups is 1. The number of hydrogen-bond donors (Lipinski definition) is 3.